The molecule has 2 fully saturated rings. The molecule has 0 bridgehead atoms. The summed E-state index contributed by atoms with van der Waals surface area (Å²) in [5.41, 5.74) is 2.06. The summed E-state index contributed by atoms with van der Waals surface area (Å²) < 4.78 is 6.54. The highest BCUT2D eigenvalue weighted by Gasteiger charge is 2.37. The zero-order valence-corrected chi connectivity index (χ0v) is 21.4. The molecule has 0 N–H and O–H groups in total. The first kappa shape index (κ1) is 25.0. The zero-order chi connectivity index (χ0) is 24.8. The lowest BCUT2D eigenvalue weighted by molar-refractivity contribution is -0.135. The normalized spacial score (nSPS) is 17.4. The third-order valence-corrected chi connectivity index (χ3v) is 7.43. The number of imide groups is 1. The second kappa shape index (κ2) is 11.6. The summed E-state index contributed by atoms with van der Waals surface area (Å²) in [6.07, 6.45) is 5.74. The molecule has 9 heteroatoms. The Morgan fingerprint density at radius 2 is 1.86 bits per heavy atom. The van der Waals surface area contributed by atoms with Crippen molar-refractivity contribution in [2.24, 2.45) is 0 Å². The molecule has 2 saturated heterocycles. The number of rotatable bonds is 6. The SMILES string of the molecule is N#Cc1ccccc1COc1ccc(C=C2SC(=O)N(CC(=O)N3CCCCCC3)C2=O)cc1Br. The van der Waals surface area contributed by atoms with Gasteiger partial charge in [-0.15, -0.1) is 0 Å². The highest BCUT2D eigenvalue weighted by atomic mass is 79.9. The molecule has 0 aromatic heterocycles. The predicted molar refractivity (Wildman–Crippen MR) is 137 cm³/mol. The molecule has 0 radical (unpaired) electrons. The van der Waals surface area contributed by atoms with Gasteiger partial charge in [0.25, 0.3) is 11.1 Å². The summed E-state index contributed by atoms with van der Waals surface area (Å²) in [6, 6.07) is 14.7. The molecule has 0 saturated carbocycles. The Morgan fingerprint density at radius 3 is 2.57 bits per heavy atom. The summed E-state index contributed by atoms with van der Waals surface area (Å²) in [5.74, 6) is -0.0450. The minimum atomic E-state index is -0.451. The molecule has 2 aromatic carbocycles. The van der Waals surface area contributed by atoms with Crippen molar-refractivity contribution in [2.45, 2.75) is 32.3 Å². The summed E-state index contributed by atoms with van der Waals surface area (Å²) in [7, 11) is 0. The zero-order valence-electron chi connectivity index (χ0n) is 19.0. The number of halogens is 1. The van der Waals surface area contributed by atoms with Crippen LogP contribution in [0, 0.1) is 11.3 Å². The first-order valence-electron chi connectivity index (χ1n) is 11.4. The Labute approximate surface area is 216 Å². The van der Waals surface area contributed by atoms with Gasteiger partial charge >= 0.3 is 0 Å². The van der Waals surface area contributed by atoms with Crippen molar-refractivity contribution in [3.05, 3.63) is 68.5 Å². The van der Waals surface area contributed by atoms with Crippen LogP contribution < -0.4 is 4.74 Å². The Bertz CT molecular complexity index is 1220. The fourth-order valence-electron chi connectivity index (χ4n) is 3.98. The van der Waals surface area contributed by atoms with Crippen molar-refractivity contribution in [1.29, 1.82) is 5.26 Å². The van der Waals surface area contributed by atoms with Gasteiger partial charge in [0, 0.05) is 18.7 Å². The highest BCUT2D eigenvalue weighted by molar-refractivity contribution is 9.10. The van der Waals surface area contributed by atoms with E-state index in [9.17, 15) is 19.6 Å². The first-order valence-corrected chi connectivity index (χ1v) is 13.0. The van der Waals surface area contributed by atoms with E-state index in [2.05, 4.69) is 22.0 Å². The summed E-state index contributed by atoms with van der Waals surface area (Å²) in [6.45, 7) is 1.37. The van der Waals surface area contributed by atoms with Crippen LogP contribution in [0.25, 0.3) is 6.08 Å². The van der Waals surface area contributed by atoms with Crippen LogP contribution in [-0.2, 0) is 16.2 Å². The molecule has 2 heterocycles. The van der Waals surface area contributed by atoms with Gasteiger partial charge in [-0.05, 0) is 70.4 Å². The molecule has 0 aliphatic carbocycles. The van der Waals surface area contributed by atoms with Crippen molar-refractivity contribution in [2.75, 3.05) is 19.6 Å². The van der Waals surface area contributed by atoms with Crippen molar-refractivity contribution in [1.82, 2.24) is 9.80 Å². The van der Waals surface area contributed by atoms with Crippen LogP contribution in [0.1, 0.15) is 42.4 Å². The van der Waals surface area contributed by atoms with E-state index in [0.29, 0.717) is 34.4 Å². The molecule has 2 aliphatic heterocycles. The molecule has 4 rings (SSSR count). The van der Waals surface area contributed by atoms with E-state index >= 15 is 0 Å². The maximum atomic E-state index is 12.9. The number of nitriles is 1. The lowest BCUT2D eigenvalue weighted by Crippen LogP contribution is -2.42. The Hall–Kier alpha value is -3.09. The van der Waals surface area contributed by atoms with Gasteiger partial charge < -0.3 is 9.64 Å². The van der Waals surface area contributed by atoms with Crippen LogP contribution in [0.5, 0.6) is 5.75 Å². The maximum absolute atomic E-state index is 12.9. The van der Waals surface area contributed by atoms with Crippen LogP contribution in [0.4, 0.5) is 4.79 Å². The van der Waals surface area contributed by atoms with Crippen LogP contribution in [0.3, 0.4) is 0 Å². The molecule has 0 spiro atoms. The van der Waals surface area contributed by atoms with Gasteiger partial charge in [0.1, 0.15) is 18.9 Å². The van der Waals surface area contributed by atoms with Crippen molar-refractivity contribution < 1.29 is 19.1 Å². The van der Waals surface area contributed by atoms with E-state index in [0.717, 1.165) is 47.9 Å². The number of likely N-dealkylation sites (tertiary alicyclic amines) is 1. The smallest absolute Gasteiger partial charge is 0.294 e. The standard InChI is InChI=1S/C26H24BrN3O4S/c27-21-13-18(9-10-22(21)34-17-20-8-4-3-7-19(20)15-28)14-23-25(32)30(26(33)35-23)16-24(31)29-11-5-1-2-6-12-29/h3-4,7-10,13-14H,1-2,5-6,11-12,16-17H2. The van der Waals surface area contributed by atoms with Crippen LogP contribution in [0.2, 0.25) is 0 Å². The lowest BCUT2D eigenvalue weighted by atomic mass is 10.1. The molecule has 3 amide bonds. The third-order valence-electron chi connectivity index (χ3n) is 5.90. The van der Waals surface area contributed by atoms with Crippen molar-refractivity contribution in [3.63, 3.8) is 0 Å². The fourth-order valence-corrected chi connectivity index (χ4v) is 5.33. The molecule has 7 nitrogen and oxygen atoms in total. The van der Waals surface area contributed by atoms with Gasteiger partial charge in [-0.25, -0.2) is 0 Å². The number of nitrogens with zero attached hydrogens (tertiary/aromatic N) is 3. The largest absolute Gasteiger partial charge is 0.488 e. The third kappa shape index (κ3) is 6.13. The van der Waals surface area contributed by atoms with Crippen molar-refractivity contribution >= 4 is 50.8 Å². The number of carbonyl (C=O) groups is 3. The second-order valence-corrected chi connectivity index (χ2v) is 10.2. The van der Waals surface area contributed by atoms with Gasteiger partial charge in [-0.2, -0.15) is 5.26 Å². The van der Waals surface area contributed by atoms with Crippen LogP contribution in [0.15, 0.2) is 51.8 Å². The van der Waals surface area contributed by atoms with Crippen molar-refractivity contribution in [3.8, 4) is 11.8 Å². The van der Waals surface area contributed by atoms with Crippen LogP contribution >= 0.6 is 27.7 Å². The Balaban J connectivity index is 1.41. The van der Waals surface area contributed by atoms with E-state index < -0.39 is 11.1 Å². The number of hydrogen-bond acceptors (Lipinski definition) is 6. The molecule has 2 aromatic rings. The van der Waals surface area contributed by atoms with E-state index in [1.54, 1.807) is 41.3 Å². The summed E-state index contributed by atoms with van der Waals surface area (Å²) in [4.78, 5) is 41.1. The predicted octanol–water partition coefficient (Wildman–Crippen LogP) is 5.34. The second-order valence-electron chi connectivity index (χ2n) is 8.31. The quantitative estimate of drug-likeness (QED) is 0.448. The maximum Gasteiger partial charge on any atom is 0.294 e. The number of hydrogen-bond donors (Lipinski definition) is 0. The van der Waals surface area contributed by atoms with E-state index in [1.807, 2.05) is 12.1 Å². The van der Waals surface area contributed by atoms with Gasteiger partial charge in [-0.3, -0.25) is 19.3 Å². The monoisotopic (exact) mass is 553 g/mol. The summed E-state index contributed by atoms with van der Waals surface area (Å²) >= 11 is 4.33. The number of ether oxygens (including phenoxy) is 1. The minimum Gasteiger partial charge on any atom is -0.488 e. The van der Waals surface area contributed by atoms with E-state index in [1.165, 1.54) is 0 Å². The summed E-state index contributed by atoms with van der Waals surface area (Å²) in [5, 5.41) is 8.80. The Kier molecular flexibility index (Phi) is 8.26. The van der Waals surface area contributed by atoms with E-state index in [4.69, 9.17) is 4.74 Å². The lowest BCUT2D eigenvalue weighted by Gasteiger charge is -2.22. The minimum absolute atomic E-state index is 0.183. The highest BCUT2D eigenvalue weighted by Crippen LogP contribution is 2.34. The van der Waals surface area contributed by atoms with Gasteiger partial charge in [-0.1, -0.05) is 37.1 Å². The van der Waals surface area contributed by atoms with Crippen LogP contribution in [-0.4, -0.2) is 46.5 Å². The fraction of sp³-hybridized carbons (Fsp3) is 0.308. The molecular weight excluding hydrogens is 530 g/mol. The Morgan fingerprint density at radius 1 is 1.11 bits per heavy atom. The number of benzene rings is 2. The average molecular weight is 554 g/mol. The molecule has 0 atom stereocenters. The first-order chi connectivity index (χ1) is 17.0. The number of carbonyl (C=O) groups excluding carboxylic acids is 3. The molecular formula is C26H24BrN3O4S. The molecule has 2 aliphatic rings. The average Bonchev–Trinajstić information content (AvgIpc) is 3.05. The number of amides is 3. The van der Waals surface area contributed by atoms with Gasteiger partial charge in [0.15, 0.2) is 0 Å². The molecule has 0 unspecified atom stereocenters. The van der Waals surface area contributed by atoms with E-state index in [-0.39, 0.29) is 24.0 Å². The molecule has 180 valence electrons. The number of thioether (sulfide) groups is 1. The van der Waals surface area contributed by atoms with Gasteiger partial charge in [0.05, 0.1) is 21.0 Å². The molecule has 35 heavy (non-hydrogen) atoms. The topological polar surface area (TPSA) is 90.7 Å². The van der Waals surface area contributed by atoms with Gasteiger partial charge in [0.2, 0.25) is 5.91 Å².